The maximum atomic E-state index is 5.61. The van der Waals surface area contributed by atoms with Crippen LogP contribution in [0.3, 0.4) is 0 Å². The van der Waals surface area contributed by atoms with Crippen LogP contribution in [-0.2, 0) is 0 Å². The van der Waals surface area contributed by atoms with Gasteiger partial charge in [-0.3, -0.25) is 0 Å². The van der Waals surface area contributed by atoms with Crippen LogP contribution in [0.25, 0.3) is 0 Å². The first kappa shape index (κ1) is 12.7. The molecule has 0 fully saturated rings. The molecule has 2 rings (SSSR count). The molecule has 0 spiro atoms. The third kappa shape index (κ3) is 2.41. The van der Waals surface area contributed by atoms with Crippen LogP contribution < -0.4 is 4.74 Å². The van der Waals surface area contributed by atoms with Crippen molar-refractivity contribution in [3.05, 3.63) is 42.5 Å². The van der Waals surface area contributed by atoms with Gasteiger partial charge in [0.1, 0.15) is 5.75 Å². The van der Waals surface area contributed by atoms with Gasteiger partial charge in [0.15, 0.2) is 6.17 Å². The Morgan fingerprint density at radius 1 is 1.50 bits per heavy atom. The van der Waals surface area contributed by atoms with Crippen molar-refractivity contribution >= 4 is 17.3 Å². The zero-order valence-electron chi connectivity index (χ0n) is 10.2. The number of rotatable bonds is 5. The quantitative estimate of drug-likeness (QED) is 0.602. The molecule has 1 aliphatic heterocycles. The Morgan fingerprint density at radius 2 is 2.28 bits per heavy atom. The van der Waals surface area contributed by atoms with Gasteiger partial charge in [0.2, 0.25) is 5.11 Å². The Morgan fingerprint density at radius 3 is 3.00 bits per heavy atom. The van der Waals surface area contributed by atoms with Crippen molar-refractivity contribution in [1.29, 1.82) is 0 Å². The fourth-order valence-corrected chi connectivity index (χ4v) is 2.08. The molecule has 94 valence electrons. The summed E-state index contributed by atoms with van der Waals surface area (Å²) in [6.07, 6.45) is 1.58. The summed E-state index contributed by atoms with van der Waals surface area (Å²) in [7, 11) is 0. The van der Waals surface area contributed by atoms with Crippen LogP contribution in [0.4, 0.5) is 0 Å². The van der Waals surface area contributed by atoms with Gasteiger partial charge >= 0.3 is 0 Å². The SMILES string of the molecule is C=CCN1C(=S)N=NC1c1ccccc1OCC. The van der Waals surface area contributed by atoms with Gasteiger partial charge in [-0.2, -0.15) is 5.11 Å². The van der Waals surface area contributed by atoms with Gasteiger partial charge in [-0.25, -0.2) is 0 Å². The molecule has 1 aliphatic rings. The van der Waals surface area contributed by atoms with Crippen LogP contribution >= 0.6 is 12.2 Å². The normalized spacial score (nSPS) is 18.2. The first-order chi connectivity index (χ1) is 8.77. The van der Waals surface area contributed by atoms with Crippen molar-refractivity contribution in [2.45, 2.75) is 13.1 Å². The summed E-state index contributed by atoms with van der Waals surface area (Å²) in [5, 5.41) is 8.68. The van der Waals surface area contributed by atoms with Gasteiger partial charge in [-0.1, -0.05) is 24.3 Å². The third-order valence-electron chi connectivity index (χ3n) is 2.62. The number of para-hydroxylation sites is 1. The molecule has 0 aliphatic carbocycles. The largest absolute Gasteiger partial charge is 0.493 e. The predicted octanol–water partition coefficient (Wildman–Crippen LogP) is 3.32. The van der Waals surface area contributed by atoms with E-state index in [1.165, 1.54) is 0 Å². The zero-order valence-corrected chi connectivity index (χ0v) is 11.1. The molecule has 18 heavy (non-hydrogen) atoms. The smallest absolute Gasteiger partial charge is 0.218 e. The molecule has 0 saturated carbocycles. The molecule has 0 aromatic heterocycles. The summed E-state index contributed by atoms with van der Waals surface area (Å²) in [5.74, 6) is 0.822. The lowest BCUT2D eigenvalue weighted by Crippen LogP contribution is -2.27. The van der Waals surface area contributed by atoms with Gasteiger partial charge in [-0.05, 0) is 25.2 Å². The van der Waals surface area contributed by atoms with E-state index in [0.717, 1.165) is 11.3 Å². The van der Waals surface area contributed by atoms with E-state index < -0.39 is 0 Å². The molecule has 0 saturated heterocycles. The molecule has 1 aromatic carbocycles. The average molecular weight is 261 g/mol. The number of benzene rings is 1. The molecule has 1 unspecified atom stereocenters. The minimum Gasteiger partial charge on any atom is -0.493 e. The Balaban J connectivity index is 2.32. The minimum atomic E-state index is -0.210. The molecule has 0 radical (unpaired) electrons. The molecule has 1 aromatic rings. The lowest BCUT2D eigenvalue weighted by molar-refractivity contribution is 0.316. The molecule has 5 heteroatoms. The number of azo groups is 1. The molecule has 0 amide bonds. The standard InChI is InChI=1S/C13H15N3OS/c1-3-9-16-12(14-15-13(16)18)10-7-5-6-8-11(10)17-4-2/h3,5-8,12H,1,4,9H2,2H3. The molecule has 0 bridgehead atoms. The van der Waals surface area contributed by atoms with Gasteiger partial charge in [-0.15, -0.1) is 11.7 Å². The van der Waals surface area contributed by atoms with Crippen molar-refractivity contribution in [2.75, 3.05) is 13.2 Å². The number of thiocarbonyl (C=S) groups is 1. The van der Waals surface area contributed by atoms with Gasteiger partial charge < -0.3 is 9.64 Å². The van der Waals surface area contributed by atoms with Gasteiger partial charge in [0.05, 0.1) is 6.61 Å². The molecule has 1 atom stereocenters. The van der Waals surface area contributed by atoms with Gasteiger partial charge in [0, 0.05) is 12.1 Å². The molecular weight excluding hydrogens is 246 g/mol. The van der Waals surface area contributed by atoms with Crippen LogP contribution in [0.1, 0.15) is 18.7 Å². The molecule has 4 nitrogen and oxygen atoms in total. The second-order valence-electron chi connectivity index (χ2n) is 3.78. The highest BCUT2D eigenvalue weighted by atomic mass is 32.1. The summed E-state index contributed by atoms with van der Waals surface area (Å²) in [4.78, 5) is 1.92. The van der Waals surface area contributed by atoms with E-state index >= 15 is 0 Å². The first-order valence-corrected chi connectivity index (χ1v) is 6.22. The summed E-state index contributed by atoms with van der Waals surface area (Å²) < 4.78 is 5.61. The fourth-order valence-electron chi connectivity index (χ4n) is 1.86. The molecule has 1 heterocycles. The van der Waals surface area contributed by atoms with Crippen molar-refractivity contribution in [3.63, 3.8) is 0 Å². The number of ether oxygens (including phenoxy) is 1. The monoisotopic (exact) mass is 261 g/mol. The summed E-state index contributed by atoms with van der Waals surface area (Å²) in [5.41, 5.74) is 0.977. The third-order valence-corrected chi connectivity index (χ3v) is 2.93. The van der Waals surface area contributed by atoms with Crippen LogP contribution in [0, 0.1) is 0 Å². The first-order valence-electron chi connectivity index (χ1n) is 5.82. The summed E-state index contributed by atoms with van der Waals surface area (Å²) in [6.45, 7) is 6.93. The summed E-state index contributed by atoms with van der Waals surface area (Å²) in [6, 6.07) is 7.82. The second-order valence-corrected chi connectivity index (χ2v) is 4.15. The van der Waals surface area contributed by atoms with Crippen molar-refractivity contribution < 1.29 is 4.74 Å². The van der Waals surface area contributed by atoms with E-state index in [9.17, 15) is 0 Å². The Hall–Kier alpha value is -1.75. The van der Waals surface area contributed by atoms with Crippen molar-refractivity contribution in [1.82, 2.24) is 4.90 Å². The van der Waals surface area contributed by atoms with E-state index in [-0.39, 0.29) is 6.17 Å². The minimum absolute atomic E-state index is 0.210. The lowest BCUT2D eigenvalue weighted by atomic mass is 10.1. The Kier molecular flexibility index (Phi) is 4.04. The van der Waals surface area contributed by atoms with E-state index in [1.54, 1.807) is 6.08 Å². The van der Waals surface area contributed by atoms with E-state index in [4.69, 9.17) is 17.0 Å². The van der Waals surface area contributed by atoms with Crippen LogP contribution in [0.15, 0.2) is 47.1 Å². The number of nitrogens with zero attached hydrogens (tertiary/aromatic N) is 3. The molecule has 0 N–H and O–H groups in total. The summed E-state index contributed by atoms with van der Waals surface area (Å²) >= 11 is 5.17. The second kappa shape index (κ2) is 5.73. The van der Waals surface area contributed by atoms with Crippen molar-refractivity contribution in [3.8, 4) is 5.75 Å². The molecular formula is C13H15N3OS. The average Bonchev–Trinajstić information content (AvgIpc) is 2.73. The number of hydrogen-bond acceptors (Lipinski definition) is 3. The highest BCUT2D eigenvalue weighted by molar-refractivity contribution is 7.80. The maximum Gasteiger partial charge on any atom is 0.218 e. The van der Waals surface area contributed by atoms with E-state index in [0.29, 0.717) is 18.3 Å². The fraction of sp³-hybridized carbons (Fsp3) is 0.308. The van der Waals surface area contributed by atoms with Crippen LogP contribution in [0.5, 0.6) is 5.75 Å². The Labute approximate surface area is 112 Å². The Bertz CT molecular complexity index is 487. The maximum absolute atomic E-state index is 5.61. The predicted molar refractivity (Wildman–Crippen MR) is 74.7 cm³/mol. The van der Waals surface area contributed by atoms with Crippen LogP contribution in [0.2, 0.25) is 0 Å². The van der Waals surface area contributed by atoms with Crippen molar-refractivity contribution in [2.24, 2.45) is 10.2 Å². The van der Waals surface area contributed by atoms with Crippen LogP contribution in [-0.4, -0.2) is 23.2 Å². The highest BCUT2D eigenvalue weighted by Gasteiger charge is 2.29. The zero-order chi connectivity index (χ0) is 13.0. The topological polar surface area (TPSA) is 37.2 Å². The van der Waals surface area contributed by atoms with E-state index in [2.05, 4.69) is 16.8 Å². The number of hydrogen-bond donors (Lipinski definition) is 0. The highest BCUT2D eigenvalue weighted by Crippen LogP contribution is 2.34. The van der Waals surface area contributed by atoms with E-state index in [1.807, 2.05) is 36.1 Å². The lowest BCUT2D eigenvalue weighted by Gasteiger charge is -2.23. The van der Waals surface area contributed by atoms with Gasteiger partial charge in [0.25, 0.3) is 0 Å².